The second-order valence-electron chi connectivity index (χ2n) is 1.26. The van der Waals surface area contributed by atoms with Gasteiger partial charge in [-0.3, -0.25) is 0 Å². The molecule has 0 saturated heterocycles. The zero-order valence-electron chi connectivity index (χ0n) is 3.59. The van der Waals surface area contributed by atoms with Crippen LogP contribution < -0.4 is 0 Å². The number of hydrogen-bond donors (Lipinski definition) is 0. The summed E-state index contributed by atoms with van der Waals surface area (Å²) in [5.74, 6) is 0. The monoisotopic (exact) mass is 100 g/mol. The minimum atomic E-state index is 0.616. The Hall–Kier alpha value is 0.0200. The summed E-state index contributed by atoms with van der Waals surface area (Å²) in [6.45, 7) is 2.12. The van der Waals surface area contributed by atoms with Crippen LogP contribution in [0.25, 0.3) is 0 Å². The summed E-state index contributed by atoms with van der Waals surface area (Å²) in [6, 6.07) is 0. The Balaban J connectivity index is 2.32. The maximum Gasteiger partial charge on any atom is 0.0323 e. The third-order valence-electron chi connectivity index (χ3n) is 0.645. The van der Waals surface area contributed by atoms with E-state index in [1.54, 1.807) is 11.9 Å². The molecule has 0 saturated carbocycles. The Kier molecular flexibility index (Phi) is 1.15. The Labute approximate surface area is 42.0 Å². The van der Waals surface area contributed by atoms with Crippen molar-refractivity contribution < 1.29 is 0 Å². The molecule has 2 heteroatoms. The summed E-state index contributed by atoms with van der Waals surface area (Å²) in [7, 11) is 0. The second-order valence-corrected chi connectivity index (χ2v) is 2.42. The maximum absolute atomic E-state index is 3.90. The third kappa shape index (κ3) is 0.744. The Morgan fingerprint density at radius 2 is 2.67 bits per heavy atom. The molecule has 0 amide bonds. The van der Waals surface area contributed by atoms with E-state index >= 15 is 0 Å². The van der Waals surface area contributed by atoms with Gasteiger partial charge in [0, 0.05) is 17.9 Å². The van der Waals surface area contributed by atoms with Gasteiger partial charge >= 0.3 is 0 Å². The Bertz CT molecular complexity index is 61.9. The summed E-state index contributed by atoms with van der Waals surface area (Å²) >= 11 is 1.61. The van der Waals surface area contributed by atoms with Crippen molar-refractivity contribution in [3.05, 3.63) is 6.42 Å². The van der Waals surface area contributed by atoms with Gasteiger partial charge in [-0.05, 0) is 11.9 Å². The van der Waals surface area contributed by atoms with Crippen molar-refractivity contribution >= 4 is 18.2 Å². The van der Waals surface area contributed by atoms with Gasteiger partial charge in [-0.15, -0.1) is 0 Å². The molecule has 0 bridgehead atoms. The molecule has 1 aliphatic rings. The molecule has 0 aromatic rings. The van der Waals surface area contributed by atoms with Crippen molar-refractivity contribution in [1.29, 1.82) is 0 Å². The largest absolute Gasteiger partial charge is 0.228 e. The van der Waals surface area contributed by atoms with Gasteiger partial charge in [0.2, 0.25) is 0 Å². The number of rotatable bonds is 0. The molecule has 0 N–H and O–H groups in total. The quantitative estimate of drug-likeness (QED) is 0.418. The zero-order valence-corrected chi connectivity index (χ0v) is 4.40. The standard InChI is InChI=1S/C4H6NS/c1-4-2-3-5-6-4/h2-4H,1H3. The molecule has 1 atom stereocenters. The van der Waals surface area contributed by atoms with E-state index in [2.05, 4.69) is 17.7 Å². The van der Waals surface area contributed by atoms with Gasteiger partial charge in [0.15, 0.2) is 0 Å². The van der Waals surface area contributed by atoms with Crippen LogP contribution in [0.5, 0.6) is 0 Å². The zero-order chi connectivity index (χ0) is 4.41. The summed E-state index contributed by atoms with van der Waals surface area (Å²) < 4.78 is 3.90. The fraction of sp³-hybridized carbons (Fsp3) is 0.500. The molecule has 1 rings (SSSR count). The van der Waals surface area contributed by atoms with E-state index in [1.165, 1.54) is 0 Å². The van der Waals surface area contributed by atoms with Crippen molar-refractivity contribution in [2.24, 2.45) is 4.40 Å². The lowest BCUT2D eigenvalue weighted by Crippen LogP contribution is -1.86. The van der Waals surface area contributed by atoms with E-state index in [9.17, 15) is 0 Å². The summed E-state index contributed by atoms with van der Waals surface area (Å²) in [5.41, 5.74) is 0. The van der Waals surface area contributed by atoms with E-state index in [0.717, 1.165) is 0 Å². The average Bonchev–Trinajstić information content (AvgIpc) is 1.86. The predicted molar refractivity (Wildman–Crippen MR) is 29.8 cm³/mol. The minimum absolute atomic E-state index is 0.616. The summed E-state index contributed by atoms with van der Waals surface area (Å²) in [5, 5.41) is 0.616. The molecule has 1 nitrogen and oxygen atoms in total. The van der Waals surface area contributed by atoms with Crippen molar-refractivity contribution in [3.8, 4) is 0 Å². The van der Waals surface area contributed by atoms with Crippen LogP contribution in [0.3, 0.4) is 0 Å². The first-order valence-corrected chi connectivity index (χ1v) is 2.76. The molecule has 0 spiro atoms. The predicted octanol–water partition coefficient (Wildman–Crippen LogP) is 1.31. The van der Waals surface area contributed by atoms with E-state index < -0.39 is 0 Å². The number of hydrogen-bond acceptors (Lipinski definition) is 2. The molecule has 6 heavy (non-hydrogen) atoms. The smallest absolute Gasteiger partial charge is 0.0323 e. The SMILES string of the molecule is CC1[CH]C=NS1. The highest BCUT2D eigenvalue weighted by Gasteiger charge is 2.03. The van der Waals surface area contributed by atoms with E-state index in [0.29, 0.717) is 5.25 Å². The van der Waals surface area contributed by atoms with Crippen LogP contribution >= 0.6 is 11.9 Å². The third-order valence-corrected chi connectivity index (χ3v) is 1.38. The van der Waals surface area contributed by atoms with Gasteiger partial charge in [0.25, 0.3) is 0 Å². The van der Waals surface area contributed by atoms with Gasteiger partial charge < -0.3 is 0 Å². The van der Waals surface area contributed by atoms with Crippen LogP contribution in [-0.4, -0.2) is 11.5 Å². The molecule has 33 valence electrons. The molecule has 1 unspecified atom stereocenters. The molecule has 0 fully saturated rings. The topological polar surface area (TPSA) is 12.4 Å². The van der Waals surface area contributed by atoms with Gasteiger partial charge in [-0.1, -0.05) is 6.92 Å². The first kappa shape index (κ1) is 4.19. The van der Waals surface area contributed by atoms with Crippen molar-refractivity contribution in [2.45, 2.75) is 12.2 Å². The van der Waals surface area contributed by atoms with E-state index in [-0.39, 0.29) is 0 Å². The molecule has 0 aliphatic carbocycles. The van der Waals surface area contributed by atoms with Crippen LogP contribution in [0.1, 0.15) is 6.92 Å². The van der Waals surface area contributed by atoms with Gasteiger partial charge in [-0.25, -0.2) is 4.40 Å². The fourth-order valence-corrected chi connectivity index (χ4v) is 0.796. The lowest BCUT2D eigenvalue weighted by Gasteiger charge is -1.88. The van der Waals surface area contributed by atoms with Crippen molar-refractivity contribution in [1.82, 2.24) is 0 Å². The molecule has 1 radical (unpaired) electrons. The fourth-order valence-electron chi connectivity index (χ4n) is 0.323. The molecular weight excluding hydrogens is 94.1 g/mol. The minimum Gasteiger partial charge on any atom is -0.228 e. The lowest BCUT2D eigenvalue weighted by atomic mass is 10.4. The Morgan fingerprint density at radius 1 is 1.83 bits per heavy atom. The molecule has 1 aliphatic heterocycles. The normalized spacial score (nSPS) is 31.8. The van der Waals surface area contributed by atoms with Gasteiger partial charge in [0.1, 0.15) is 0 Å². The molecule has 1 heterocycles. The molecule has 0 aromatic carbocycles. The molecule has 0 aromatic heterocycles. The Morgan fingerprint density at radius 3 is 2.83 bits per heavy atom. The lowest BCUT2D eigenvalue weighted by molar-refractivity contribution is 1.22. The van der Waals surface area contributed by atoms with Crippen LogP contribution in [0.15, 0.2) is 4.40 Å². The average molecular weight is 100 g/mol. The molecular formula is C4H6NS. The van der Waals surface area contributed by atoms with E-state index in [4.69, 9.17) is 0 Å². The first-order chi connectivity index (χ1) is 2.89. The maximum atomic E-state index is 3.90. The van der Waals surface area contributed by atoms with E-state index in [1.807, 2.05) is 6.21 Å². The first-order valence-electron chi connectivity index (χ1n) is 1.92. The highest BCUT2D eigenvalue weighted by atomic mass is 32.2. The van der Waals surface area contributed by atoms with Crippen LogP contribution in [0.4, 0.5) is 0 Å². The highest BCUT2D eigenvalue weighted by Crippen LogP contribution is 2.17. The summed E-state index contributed by atoms with van der Waals surface area (Å²) in [6.07, 6.45) is 3.92. The van der Waals surface area contributed by atoms with Gasteiger partial charge in [0.05, 0.1) is 0 Å². The highest BCUT2D eigenvalue weighted by molar-refractivity contribution is 7.99. The van der Waals surface area contributed by atoms with Crippen LogP contribution in [0, 0.1) is 6.42 Å². The van der Waals surface area contributed by atoms with Crippen molar-refractivity contribution in [3.63, 3.8) is 0 Å². The van der Waals surface area contributed by atoms with Crippen LogP contribution in [-0.2, 0) is 0 Å². The van der Waals surface area contributed by atoms with Gasteiger partial charge in [-0.2, -0.15) is 0 Å². The summed E-state index contributed by atoms with van der Waals surface area (Å²) in [4.78, 5) is 0. The van der Waals surface area contributed by atoms with Crippen LogP contribution in [0.2, 0.25) is 0 Å². The van der Waals surface area contributed by atoms with Crippen molar-refractivity contribution in [2.75, 3.05) is 0 Å². The number of nitrogens with zero attached hydrogens (tertiary/aromatic N) is 1. The second kappa shape index (κ2) is 1.65.